The molecule has 4 nitrogen and oxygen atoms in total. The minimum atomic E-state index is -0.236. The first kappa shape index (κ1) is 17.1. The molecule has 1 aromatic carbocycles. The van der Waals surface area contributed by atoms with Crippen LogP contribution in [-0.2, 0) is 0 Å². The smallest absolute Gasteiger partial charge is 0.287 e. The molecule has 23 heavy (non-hydrogen) atoms. The molecule has 2 aromatic rings. The van der Waals surface area contributed by atoms with E-state index >= 15 is 0 Å². The quantitative estimate of drug-likeness (QED) is 0.862. The highest BCUT2D eigenvalue weighted by atomic mass is 16.3. The van der Waals surface area contributed by atoms with E-state index in [0.717, 1.165) is 5.39 Å². The van der Waals surface area contributed by atoms with Gasteiger partial charge in [-0.2, -0.15) is 0 Å². The maximum Gasteiger partial charge on any atom is 0.287 e. The lowest BCUT2D eigenvalue weighted by atomic mass is 10.2. The molecule has 122 valence electrons. The van der Waals surface area contributed by atoms with Crippen molar-refractivity contribution < 1.29 is 9.21 Å². The first-order chi connectivity index (χ1) is 11.0. The van der Waals surface area contributed by atoms with Gasteiger partial charge in [-0.1, -0.05) is 30.0 Å². The predicted octanol–water partition coefficient (Wildman–Crippen LogP) is 3.28. The molecule has 0 radical (unpaired) electrons. The van der Waals surface area contributed by atoms with E-state index < -0.39 is 0 Å². The molecular formula is C19H24N2O2. The number of carbonyl (C=O) groups excluding carboxylic acids is 1. The van der Waals surface area contributed by atoms with Crippen molar-refractivity contribution in [2.45, 2.75) is 39.8 Å². The molecule has 0 bridgehead atoms. The van der Waals surface area contributed by atoms with Gasteiger partial charge in [0.25, 0.3) is 5.91 Å². The van der Waals surface area contributed by atoms with Crippen LogP contribution in [0.1, 0.15) is 38.2 Å². The summed E-state index contributed by atoms with van der Waals surface area (Å²) in [6, 6.07) is 10.2. The second kappa shape index (κ2) is 7.85. The first-order valence-electron chi connectivity index (χ1n) is 7.97. The molecule has 4 heteroatoms. The zero-order chi connectivity index (χ0) is 16.8. The number of hydrogen-bond donors (Lipinski definition) is 1. The topological polar surface area (TPSA) is 45.5 Å². The maximum atomic E-state index is 12.0. The number of carbonyl (C=O) groups is 1. The van der Waals surface area contributed by atoms with Gasteiger partial charge in [-0.25, -0.2) is 0 Å². The van der Waals surface area contributed by atoms with Gasteiger partial charge < -0.3 is 9.73 Å². The Kier molecular flexibility index (Phi) is 5.84. The number of nitrogens with one attached hydrogen (secondary N) is 1. The fraction of sp³-hybridized carbons (Fsp3) is 0.421. The second-order valence-electron chi connectivity index (χ2n) is 6.04. The fourth-order valence-corrected chi connectivity index (χ4v) is 2.48. The Morgan fingerprint density at radius 1 is 1.17 bits per heavy atom. The van der Waals surface area contributed by atoms with E-state index in [0.29, 0.717) is 36.5 Å². The van der Waals surface area contributed by atoms with Crippen molar-refractivity contribution in [3.63, 3.8) is 0 Å². The molecule has 0 atom stereocenters. The molecule has 1 amide bonds. The number of fused-ring (bicyclic) bond motifs is 1. The molecule has 0 unspecified atom stereocenters. The molecule has 0 aliphatic carbocycles. The van der Waals surface area contributed by atoms with Crippen LogP contribution in [0, 0.1) is 11.8 Å². The summed E-state index contributed by atoms with van der Waals surface area (Å²) in [5.74, 6) is 6.19. The Bertz CT molecular complexity index is 679. The highest BCUT2D eigenvalue weighted by Crippen LogP contribution is 2.18. The van der Waals surface area contributed by atoms with Crippen molar-refractivity contribution >= 4 is 16.9 Å². The number of furan rings is 1. The summed E-state index contributed by atoms with van der Waals surface area (Å²) in [7, 11) is 0. The molecule has 0 saturated heterocycles. The third-order valence-corrected chi connectivity index (χ3v) is 3.70. The molecule has 0 aliphatic heterocycles. The first-order valence-corrected chi connectivity index (χ1v) is 7.97. The monoisotopic (exact) mass is 312 g/mol. The number of amides is 1. The van der Waals surface area contributed by atoms with E-state index in [9.17, 15) is 4.79 Å². The lowest BCUT2D eigenvalue weighted by molar-refractivity contribution is 0.0933. The molecule has 2 rings (SSSR count). The van der Waals surface area contributed by atoms with Crippen molar-refractivity contribution in [1.29, 1.82) is 0 Å². The largest absolute Gasteiger partial charge is 0.451 e. The molecule has 1 heterocycles. The SMILES string of the molecule is CC(C)N(CC#CCNC(=O)c1cc2ccccc2o1)C(C)C. The average Bonchev–Trinajstić information content (AvgIpc) is 2.93. The zero-order valence-electron chi connectivity index (χ0n) is 14.2. The molecule has 0 fully saturated rings. The minimum Gasteiger partial charge on any atom is -0.451 e. The Balaban J connectivity index is 1.86. The van der Waals surface area contributed by atoms with Gasteiger partial charge in [0, 0.05) is 17.5 Å². The fourth-order valence-electron chi connectivity index (χ4n) is 2.48. The van der Waals surface area contributed by atoms with E-state index in [-0.39, 0.29) is 5.91 Å². The summed E-state index contributed by atoms with van der Waals surface area (Å²) < 4.78 is 5.52. The van der Waals surface area contributed by atoms with Gasteiger partial charge in [-0.05, 0) is 39.8 Å². The highest BCUT2D eigenvalue weighted by molar-refractivity contribution is 5.96. The van der Waals surface area contributed by atoms with Gasteiger partial charge in [0.15, 0.2) is 5.76 Å². The van der Waals surface area contributed by atoms with Gasteiger partial charge in [0.2, 0.25) is 0 Å². The van der Waals surface area contributed by atoms with Crippen molar-refractivity contribution in [3.05, 3.63) is 36.1 Å². The van der Waals surface area contributed by atoms with Gasteiger partial charge in [0.1, 0.15) is 5.58 Å². The maximum absolute atomic E-state index is 12.0. The Labute approximate surface area is 137 Å². The number of benzene rings is 1. The van der Waals surface area contributed by atoms with Crippen LogP contribution in [0.15, 0.2) is 34.7 Å². The van der Waals surface area contributed by atoms with E-state index in [1.165, 1.54) is 0 Å². The van der Waals surface area contributed by atoms with Gasteiger partial charge in [-0.15, -0.1) is 0 Å². The number of para-hydroxylation sites is 1. The zero-order valence-corrected chi connectivity index (χ0v) is 14.2. The van der Waals surface area contributed by atoms with E-state index in [1.54, 1.807) is 6.07 Å². The normalized spacial score (nSPS) is 11.1. The molecule has 1 aromatic heterocycles. The number of hydrogen-bond acceptors (Lipinski definition) is 3. The van der Waals surface area contributed by atoms with Crippen LogP contribution in [0.3, 0.4) is 0 Å². The summed E-state index contributed by atoms with van der Waals surface area (Å²) in [6.45, 7) is 9.65. The van der Waals surface area contributed by atoms with Crippen molar-refractivity contribution in [1.82, 2.24) is 10.2 Å². The molecule has 0 saturated carbocycles. The number of nitrogens with zero attached hydrogens (tertiary/aromatic N) is 1. The van der Waals surface area contributed by atoms with Crippen LogP contribution in [0.4, 0.5) is 0 Å². The second-order valence-corrected chi connectivity index (χ2v) is 6.04. The molecule has 0 spiro atoms. The van der Waals surface area contributed by atoms with E-state index in [1.807, 2.05) is 24.3 Å². The molecule has 1 N–H and O–H groups in total. The highest BCUT2D eigenvalue weighted by Gasteiger charge is 2.12. The van der Waals surface area contributed by atoms with E-state index in [4.69, 9.17) is 4.42 Å². The van der Waals surface area contributed by atoms with Crippen LogP contribution < -0.4 is 5.32 Å². The van der Waals surface area contributed by atoms with Gasteiger partial charge in [0.05, 0.1) is 13.1 Å². The van der Waals surface area contributed by atoms with Crippen molar-refractivity contribution in [2.24, 2.45) is 0 Å². The Hall–Kier alpha value is -2.25. The third-order valence-electron chi connectivity index (χ3n) is 3.70. The summed E-state index contributed by atoms with van der Waals surface area (Å²) in [5.41, 5.74) is 0.716. The van der Waals surface area contributed by atoms with E-state index in [2.05, 4.69) is 49.8 Å². The summed E-state index contributed by atoms with van der Waals surface area (Å²) in [5, 5.41) is 3.69. The molecular weight excluding hydrogens is 288 g/mol. The Morgan fingerprint density at radius 2 is 1.87 bits per heavy atom. The summed E-state index contributed by atoms with van der Waals surface area (Å²) in [6.07, 6.45) is 0. The minimum absolute atomic E-state index is 0.236. The standard InChI is InChI=1S/C19H24N2O2/c1-14(2)21(15(3)4)12-8-7-11-20-19(22)18-13-16-9-5-6-10-17(16)23-18/h5-6,9-10,13-15H,11-12H2,1-4H3,(H,20,22). The average molecular weight is 312 g/mol. The van der Waals surface area contributed by atoms with Crippen LogP contribution in [0.25, 0.3) is 11.0 Å². The predicted molar refractivity (Wildman–Crippen MR) is 93.3 cm³/mol. The Morgan fingerprint density at radius 3 is 2.52 bits per heavy atom. The van der Waals surface area contributed by atoms with Crippen molar-refractivity contribution in [3.8, 4) is 11.8 Å². The lowest BCUT2D eigenvalue weighted by Gasteiger charge is -2.28. The summed E-state index contributed by atoms with van der Waals surface area (Å²) >= 11 is 0. The summed E-state index contributed by atoms with van der Waals surface area (Å²) in [4.78, 5) is 14.3. The van der Waals surface area contributed by atoms with Crippen LogP contribution in [-0.4, -0.2) is 36.0 Å². The van der Waals surface area contributed by atoms with Crippen LogP contribution in [0.2, 0.25) is 0 Å². The molecule has 0 aliphatic rings. The van der Waals surface area contributed by atoms with Gasteiger partial charge >= 0.3 is 0 Å². The number of rotatable bonds is 5. The van der Waals surface area contributed by atoms with Crippen molar-refractivity contribution in [2.75, 3.05) is 13.1 Å². The third kappa shape index (κ3) is 4.61. The van der Waals surface area contributed by atoms with Gasteiger partial charge in [-0.3, -0.25) is 9.69 Å². The van der Waals surface area contributed by atoms with Crippen LogP contribution in [0.5, 0.6) is 0 Å². The lowest BCUT2D eigenvalue weighted by Crippen LogP contribution is -2.37. The van der Waals surface area contributed by atoms with Crippen LogP contribution >= 0.6 is 0 Å².